The molecular formula is C33H25F6NO6. The number of hydrogen-bond acceptors (Lipinski definition) is 6. The average molecular weight is 646 g/mol. The van der Waals surface area contributed by atoms with Gasteiger partial charge in [0.2, 0.25) is 11.8 Å². The minimum atomic E-state index is -5.20. The standard InChI is InChI=1S/C33H25F6NO6/c1-3-46-25-9-15(4-7-23(25)41)26-19-5-6-20-27(21(19)13-22-28(26)24(42)8-14(2)29(22)43)31(45)40(30(20)44)18-11-16(32(34,35)36)10-17(12-18)33(37,38)39/h4-5,7-12,20-21,26-27,41H,3,6,13H2,1-2H3/t20-,21+,26-,27-/m0/s1. The Morgan fingerprint density at radius 2 is 1.57 bits per heavy atom. The molecule has 1 aliphatic heterocycles. The Labute approximate surface area is 257 Å². The van der Waals surface area contributed by atoms with Gasteiger partial charge in [0.25, 0.3) is 0 Å². The molecule has 2 aromatic rings. The third-order valence-corrected chi connectivity index (χ3v) is 9.01. The third kappa shape index (κ3) is 4.92. The summed E-state index contributed by atoms with van der Waals surface area (Å²) in [5.41, 5.74) is -2.84. The first kappa shape index (κ1) is 31.3. The summed E-state index contributed by atoms with van der Waals surface area (Å²) < 4.78 is 87.4. The number of halogens is 6. The number of carbonyl (C=O) groups excluding carboxylic acids is 4. The number of Topliss-reactive ketones (excluding diaryl/α,β-unsaturated/α-hetero) is 1. The smallest absolute Gasteiger partial charge is 0.416 e. The molecule has 7 nitrogen and oxygen atoms in total. The van der Waals surface area contributed by atoms with Crippen LogP contribution in [-0.4, -0.2) is 35.1 Å². The Hall–Kier alpha value is -4.68. The van der Waals surface area contributed by atoms with E-state index in [0.717, 1.165) is 0 Å². The van der Waals surface area contributed by atoms with Crippen LogP contribution >= 0.6 is 0 Å². The maximum atomic E-state index is 14.0. The van der Waals surface area contributed by atoms with E-state index < -0.39 is 76.2 Å². The fourth-order valence-corrected chi connectivity index (χ4v) is 7.06. The van der Waals surface area contributed by atoms with Crippen molar-refractivity contribution >= 4 is 29.1 Å². The topological polar surface area (TPSA) is 101 Å². The van der Waals surface area contributed by atoms with Crippen molar-refractivity contribution in [3.63, 3.8) is 0 Å². The number of rotatable bonds is 4. The number of hydrogen-bond donors (Lipinski definition) is 1. The lowest BCUT2D eigenvalue weighted by Crippen LogP contribution is -2.39. The third-order valence-electron chi connectivity index (χ3n) is 9.01. The van der Waals surface area contributed by atoms with E-state index in [1.807, 2.05) is 0 Å². The molecule has 0 spiro atoms. The molecule has 2 amide bonds. The highest BCUT2D eigenvalue weighted by Gasteiger charge is 2.57. The molecule has 4 aliphatic rings. The molecule has 2 aromatic carbocycles. The summed E-state index contributed by atoms with van der Waals surface area (Å²) in [6.45, 7) is 3.35. The molecule has 46 heavy (non-hydrogen) atoms. The zero-order valence-electron chi connectivity index (χ0n) is 24.3. The van der Waals surface area contributed by atoms with Crippen LogP contribution in [-0.2, 0) is 31.5 Å². The Bertz CT molecular complexity index is 1780. The van der Waals surface area contributed by atoms with E-state index >= 15 is 0 Å². The minimum absolute atomic E-state index is 0.0866. The summed E-state index contributed by atoms with van der Waals surface area (Å²) in [5, 5.41) is 10.3. The number of carbonyl (C=O) groups is 4. The van der Waals surface area contributed by atoms with Crippen molar-refractivity contribution in [1.29, 1.82) is 0 Å². The van der Waals surface area contributed by atoms with Gasteiger partial charge in [-0.05, 0) is 74.6 Å². The summed E-state index contributed by atoms with van der Waals surface area (Å²) in [4.78, 5) is 54.9. The van der Waals surface area contributed by atoms with Gasteiger partial charge in [0.1, 0.15) is 0 Å². The first-order valence-corrected chi connectivity index (χ1v) is 14.4. The molecule has 13 heteroatoms. The molecule has 1 saturated heterocycles. The highest BCUT2D eigenvalue weighted by atomic mass is 19.4. The number of nitrogens with zero attached hydrogens (tertiary/aromatic N) is 1. The molecule has 240 valence electrons. The second-order valence-electron chi connectivity index (χ2n) is 11.7. The highest BCUT2D eigenvalue weighted by molar-refractivity contribution is 6.25. The molecule has 0 aromatic heterocycles. The van der Waals surface area contributed by atoms with Crippen molar-refractivity contribution in [3.05, 3.63) is 87.5 Å². The fourth-order valence-electron chi connectivity index (χ4n) is 7.06. The molecular weight excluding hydrogens is 620 g/mol. The van der Waals surface area contributed by atoms with E-state index in [9.17, 15) is 50.6 Å². The van der Waals surface area contributed by atoms with Gasteiger partial charge in [-0.15, -0.1) is 0 Å². The molecule has 3 aliphatic carbocycles. The second-order valence-corrected chi connectivity index (χ2v) is 11.7. The molecule has 0 radical (unpaired) electrons. The summed E-state index contributed by atoms with van der Waals surface area (Å²) in [5.74, 6) is -7.08. The number of amides is 2. The van der Waals surface area contributed by atoms with Gasteiger partial charge in [-0.3, -0.25) is 19.2 Å². The second kappa shape index (κ2) is 10.7. The van der Waals surface area contributed by atoms with Crippen LogP contribution in [0.3, 0.4) is 0 Å². The SMILES string of the molecule is CCOc1cc([C@H]2C3=CC[C@@H]4C(=O)N(c5cc(C(F)(F)F)cc(C(F)(F)F)c5)C(=O)[C@@H]4[C@@H]3CC3=C2C(=O)C=C(C)C3=O)ccc1O. The number of phenolic OH excluding ortho intramolecular Hbond substituents is 1. The van der Waals surface area contributed by atoms with Crippen molar-refractivity contribution in [2.24, 2.45) is 17.8 Å². The van der Waals surface area contributed by atoms with E-state index in [1.165, 1.54) is 31.2 Å². The molecule has 6 rings (SSSR count). The number of alkyl halides is 6. The highest BCUT2D eigenvalue weighted by Crippen LogP contribution is 2.56. The van der Waals surface area contributed by atoms with Crippen LogP contribution in [0.5, 0.6) is 11.5 Å². The molecule has 0 bridgehead atoms. The summed E-state index contributed by atoms with van der Waals surface area (Å²) in [6, 6.07) is 4.97. The minimum Gasteiger partial charge on any atom is -0.504 e. The first-order valence-electron chi connectivity index (χ1n) is 14.4. The van der Waals surface area contributed by atoms with Gasteiger partial charge in [-0.1, -0.05) is 17.7 Å². The number of imide groups is 1. The van der Waals surface area contributed by atoms with Crippen molar-refractivity contribution < 1.29 is 55.4 Å². The molecule has 1 heterocycles. The number of benzene rings is 2. The summed E-state index contributed by atoms with van der Waals surface area (Å²) in [7, 11) is 0. The van der Waals surface area contributed by atoms with E-state index in [-0.39, 0.29) is 53.7 Å². The Morgan fingerprint density at radius 3 is 2.17 bits per heavy atom. The molecule has 1 N–H and O–H groups in total. The Kier molecular flexibility index (Phi) is 7.28. The summed E-state index contributed by atoms with van der Waals surface area (Å²) in [6.07, 6.45) is -7.77. The number of ether oxygens (including phenoxy) is 1. The summed E-state index contributed by atoms with van der Waals surface area (Å²) >= 11 is 0. The van der Waals surface area contributed by atoms with Crippen LogP contribution in [0.1, 0.15) is 49.3 Å². The van der Waals surface area contributed by atoms with Crippen LogP contribution in [0, 0.1) is 17.8 Å². The molecule has 0 unspecified atom stereocenters. The van der Waals surface area contributed by atoms with Gasteiger partial charge in [0.05, 0.1) is 35.3 Å². The van der Waals surface area contributed by atoms with Gasteiger partial charge in [-0.2, -0.15) is 26.3 Å². The van der Waals surface area contributed by atoms with Crippen molar-refractivity contribution in [1.82, 2.24) is 0 Å². The predicted octanol–water partition coefficient (Wildman–Crippen LogP) is 6.46. The Morgan fingerprint density at radius 1 is 0.913 bits per heavy atom. The van der Waals surface area contributed by atoms with Crippen LogP contribution in [0.2, 0.25) is 0 Å². The fraction of sp³-hybridized carbons (Fsp3) is 0.333. The van der Waals surface area contributed by atoms with Crippen LogP contribution < -0.4 is 9.64 Å². The number of fused-ring (bicyclic) bond motifs is 3. The van der Waals surface area contributed by atoms with Gasteiger partial charge in [0.15, 0.2) is 23.1 Å². The first-order chi connectivity index (χ1) is 21.5. The lowest BCUT2D eigenvalue weighted by Gasteiger charge is -2.42. The zero-order chi connectivity index (χ0) is 33.5. The molecule has 0 saturated carbocycles. The van der Waals surface area contributed by atoms with Gasteiger partial charge >= 0.3 is 12.4 Å². The Balaban J connectivity index is 1.48. The monoisotopic (exact) mass is 645 g/mol. The average Bonchev–Trinajstić information content (AvgIpc) is 3.24. The normalized spacial score (nSPS) is 24.8. The van der Waals surface area contributed by atoms with E-state index in [0.29, 0.717) is 28.2 Å². The number of allylic oxidation sites excluding steroid dienone is 6. The number of ketones is 2. The maximum Gasteiger partial charge on any atom is 0.416 e. The number of anilines is 1. The quantitative estimate of drug-likeness (QED) is 0.177. The molecule has 1 fully saturated rings. The van der Waals surface area contributed by atoms with Gasteiger partial charge in [-0.25, -0.2) is 4.90 Å². The van der Waals surface area contributed by atoms with E-state index in [1.54, 1.807) is 13.0 Å². The zero-order valence-corrected chi connectivity index (χ0v) is 24.3. The lowest BCUT2D eigenvalue weighted by atomic mass is 9.59. The van der Waals surface area contributed by atoms with Crippen molar-refractivity contribution in [3.8, 4) is 11.5 Å². The maximum absolute atomic E-state index is 14.0. The van der Waals surface area contributed by atoms with Crippen molar-refractivity contribution in [2.45, 2.75) is 45.0 Å². The van der Waals surface area contributed by atoms with E-state index in [2.05, 4.69) is 0 Å². The molecule has 4 atom stereocenters. The van der Waals surface area contributed by atoms with Gasteiger partial charge in [0, 0.05) is 22.6 Å². The number of aromatic hydroxyl groups is 1. The van der Waals surface area contributed by atoms with Crippen LogP contribution in [0.4, 0.5) is 32.0 Å². The van der Waals surface area contributed by atoms with Crippen LogP contribution in [0.15, 0.2) is 70.8 Å². The van der Waals surface area contributed by atoms with Crippen LogP contribution in [0.25, 0.3) is 0 Å². The van der Waals surface area contributed by atoms with E-state index in [4.69, 9.17) is 4.74 Å². The van der Waals surface area contributed by atoms with Crippen molar-refractivity contribution in [2.75, 3.05) is 11.5 Å². The lowest BCUT2D eigenvalue weighted by molar-refractivity contribution is -0.143. The predicted molar refractivity (Wildman–Crippen MR) is 150 cm³/mol. The number of phenols is 1. The largest absolute Gasteiger partial charge is 0.504 e. The van der Waals surface area contributed by atoms with Gasteiger partial charge < -0.3 is 9.84 Å².